The Hall–Kier alpha value is -1.97. The number of hydrogen-bond donors (Lipinski definition) is 0. The molecule has 4 nitrogen and oxygen atoms in total. The van der Waals surface area contributed by atoms with Crippen LogP contribution in [0.25, 0.3) is 0 Å². The average Bonchev–Trinajstić information content (AvgIpc) is 2.62. The Morgan fingerprint density at radius 1 is 1.00 bits per heavy atom. The zero-order chi connectivity index (χ0) is 15.9. The van der Waals surface area contributed by atoms with Gasteiger partial charge in [-0.05, 0) is 43.9 Å². The van der Waals surface area contributed by atoms with Gasteiger partial charge < -0.3 is 14.5 Å². The number of piperidine rings is 2. The molecule has 1 aromatic carbocycles. The van der Waals surface area contributed by atoms with Crippen LogP contribution in [-0.2, 0) is 11.3 Å². The summed E-state index contributed by atoms with van der Waals surface area (Å²) >= 11 is 0. The lowest BCUT2D eigenvalue weighted by Crippen LogP contribution is -2.37. The Labute approximate surface area is 138 Å². The molecule has 2 saturated heterocycles. The van der Waals surface area contributed by atoms with Crippen molar-refractivity contribution in [2.24, 2.45) is 0 Å². The number of rotatable bonds is 3. The smallest absolute Gasteiger partial charge is 0.410 e. The molecule has 124 valence electrons. The van der Waals surface area contributed by atoms with Gasteiger partial charge in [-0.2, -0.15) is 0 Å². The molecule has 2 aliphatic rings. The van der Waals surface area contributed by atoms with Crippen molar-refractivity contribution in [3.8, 4) is 0 Å². The fourth-order valence-electron chi connectivity index (χ4n) is 3.22. The predicted octanol–water partition coefficient (Wildman–Crippen LogP) is 3.79. The SMILES string of the molecule is O=C(OCc1ccccc1)N1CCC(=CN2CCCCC2)CC1. The fourth-order valence-corrected chi connectivity index (χ4v) is 3.22. The summed E-state index contributed by atoms with van der Waals surface area (Å²) in [7, 11) is 0. The quantitative estimate of drug-likeness (QED) is 0.851. The summed E-state index contributed by atoms with van der Waals surface area (Å²) in [6, 6.07) is 9.83. The first-order chi connectivity index (χ1) is 11.3. The number of likely N-dealkylation sites (tertiary alicyclic amines) is 2. The van der Waals surface area contributed by atoms with E-state index in [-0.39, 0.29) is 6.09 Å². The summed E-state index contributed by atoms with van der Waals surface area (Å²) in [4.78, 5) is 16.4. The first-order valence-corrected chi connectivity index (χ1v) is 8.70. The van der Waals surface area contributed by atoms with E-state index < -0.39 is 0 Å². The molecule has 2 heterocycles. The van der Waals surface area contributed by atoms with E-state index in [1.165, 1.54) is 37.9 Å². The van der Waals surface area contributed by atoms with Crippen LogP contribution in [0, 0.1) is 0 Å². The van der Waals surface area contributed by atoms with E-state index in [1.807, 2.05) is 35.2 Å². The third-order valence-electron chi connectivity index (χ3n) is 4.62. The maximum absolute atomic E-state index is 12.1. The highest BCUT2D eigenvalue weighted by molar-refractivity contribution is 5.67. The van der Waals surface area contributed by atoms with Crippen molar-refractivity contribution in [2.45, 2.75) is 38.7 Å². The molecule has 4 heteroatoms. The van der Waals surface area contributed by atoms with E-state index in [2.05, 4.69) is 11.1 Å². The van der Waals surface area contributed by atoms with Gasteiger partial charge in [-0.15, -0.1) is 0 Å². The first kappa shape index (κ1) is 15.9. The molecule has 23 heavy (non-hydrogen) atoms. The number of amides is 1. The number of ether oxygens (including phenoxy) is 1. The summed E-state index contributed by atoms with van der Waals surface area (Å²) in [6.07, 6.45) is 8.06. The molecule has 2 aliphatic heterocycles. The summed E-state index contributed by atoms with van der Waals surface area (Å²) in [5.74, 6) is 0. The Morgan fingerprint density at radius 3 is 2.39 bits per heavy atom. The van der Waals surface area contributed by atoms with Crippen molar-refractivity contribution in [2.75, 3.05) is 26.2 Å². The van der Waals surface area contributed by atoms with Crippen LogP contribution < -0.4 is 0 Å². The van der Waals surface area contributed by atoms with E-state index >= 15 is 0 Å². The van der Waals surface area contributed by atoms with Crippen molar-refractivity contribution in [3.05, 3.63) is 47.7 Å². The second-order valence-corrected chi connectivity index (χ2v) is 6.41. The maximum atomic E-state index is 12.1. The highest BCUT2D eigenvalue weighted by atomic mass is 16.6. The molecule has 3 rings (SSSR count). The van der Waals surface area contributed by atoms with E-state index in [4.69, 9.17) is 4.74 Å². The van der Waals surface area contributed by atoms with Gasteiger partial charge in [0.05, 0.1) is 0 Å². The summed E-state index contributed by atoms with van der Waals surface area (Å²) < 4.78 is 5.41. The lowest BCUT2D eigenvalue weighted by molar-refractivity contribution is 0.0933. The Bertz CT molecular complexity index is 526. The number of hydrogen-bond acceptors (Lipinski definition) is 3. The van der Waals surface area contributed by atoms with Crippen molar-refractivity contribution >= 4 is 6.09 Å². The molecule has 0 aliphatic carbocycles. The molecule has 0 N–H and O–H groups in total. The molecule has 1 amide bonds. The van der Waals surface area contributed by atoms with Gasteiger partial charge in [0.1, 0.15) is 6.61 Å². The Kier molecular flexibility index (Phi) is 5.56. The minimum Gasteiger partial charge on any atom is -0.445 e. The van der Waals surface area contributed by atoms with Gasteiger partial charge in [-0.3, -0.25) is 0 Å². The van der Waals surface area contributed by atoms with Crippen LogP contribution in [0.1, 0.15) is 37.7 Å². The topological polar surface area (TPSA) is 32.8 Å². The van der Waals surface area contributed by atoms with Crippen LogP contribution in [0.2, 0.25) is 0 Å². The Morgan fingerprint density at radius 2 is 1.70 bits per heavy atom. The molecule has 0 aromatic heterocycles. The van der Waals surface area contributed by atoms with Crippen molar-refractivity contribution in [3.63, 3.8) is 0 Å². The molecule has 1 aromatic rings. The average molecular weight is 314 g/mol. The molecule has 0 radical (unpaired) electrons. The minimum atomic E-state index is -0.189. The molecule has 0 bridgehead atoms. The molecular weight excluding hydrogens is 288 g/mol. The predicted molar refractivity (Wildman–Crippen MR) is 90.9 cm³/mol. The standard InChI is InChI=1S/C19H26N2O2/c22-19(23-16-18-7-3-1-4-8-18)21-13-9-17(10-14-21)15-20-11-5-2-6-12-20/h1,3-4,7-8,15H,2,5-6,9-14,16H2. The summed E-state index contributed by atoms with van der Waals surface area (Å²) in [5.41, 5.74) is 2.50. The summed E-state index contributed by atoms with van der Waals surface area (Å²) in [5, 5.41) is 0. The van der Waals surface area contributed by atoms with E-state index in [1.54, 1.807) is 0 Å². The first-order valence-electron chi connectivity index (χ1n) is 8.70. The van der Waals surface area contributed by atoms with Gasteiger partial charge in [-0.1, -0.05) is 35.9 Å². The van der Waals surface area contributed by atoms with Crippen LogP contribution >= 0.6 is 0 Å². The van der Waals surface area contributed by atoms with Gasteiger partial charge >= 0.3 is 6.09 Å². The van der Waals surface area contributed by atoms with E-state index in [0.717, 1.165) is 31.5 Å². The van der Waals surface area contributed by atoms with Gasteiger partial charge in [-0.25, -0.2) is 4.79 Å². The molecule has 0 unspecified atom stereocenters. The normalized spacial score (nSPS) is 18.7. The lowest BCUT2D eigenvalue weighted by Gasteiger charge is -2.31. The minimum absolute atomic E-state index is 0.189. The largest absolute Gasteiger partial charge is 0.445 e. The van der Waals surface area contributed by atoms with Crippen LogP contribution in [0.5, 0.6) is 0 Å². The zero-order valence-corrected chi connectivity index (χ0v) is 13.7. The van der Waals surface area contributed by atoms with Crippen LogP contribution in [-0.4, -0.2) is 42.1 Å². The van der Waals surface area contributed by atoms with Gasteiger partial charge in [0, 0.05) is 26.2 Å². The second kappa shape index (κ2) is 8.04. The molecule has 0 spiro atoms. The van der Waals surface area contributed by atoms with Gasteiger partial charge in [0.15, 0.2) is 0 Å². The lowest BCUT2D eigenvalue weighted by atomic mass is 10.0. The number of carbonyl (C=O) groups is 1. The van der Waals surface area contributed by atoms with E-state index in [9.17, 15) is 4.79 Å². The number of nitrogens with zero attached hydrogens (tertiary/aromatic N) is 2. The third-order valence-corrected chi connectivity index (χ3v) is 4.62. The highest BCUT2D eigenvalue weighted by Gasteiger charge is 2.21. The number of carbonyl (C=O) groups excluding carboxylic acids is 1. The van der Waals surface area contributed by atoms with Crippen molar-refractivity contribution in [1.29, 1.82) is 0 Å². The summed E-state index contributed by atoms with van der Waals surface area (Å²) in [6.45, 7) is 4.27. The second-order valence-electron chi connectivity index (χ2n) is 6.41. The van der Waals surface area contributed by atoms with Crippen molar-refractivity contribution < 1.29 is 9.53 Å². The van der Waals surface area contributed by atoms with Crippen molar-refractivity contribution in [1.82, 2.24) is 9.80 Å². The maximum Gasteiger partial charge on any atom is 0.410 e. The van der Waals surface area contributed by atoms with Gasteiger partial charge in [0.25, 0.3) is 0 Å². The van der Waals surface area contributed by atoms with Crippen LogP contribution in [0.15, 0.2) is 42.1 Å². The third kappa shape index (κ3) is 4.75. The molecular formula is C19H26N2O2. The highest BCUT2D eigenvalue weighted by Crippen LogP contribution is 2.19. The molecule has 0 atom stereocenters. The van der Waals surface area contributed by atoms with Gasteiger partial charge in [0.2, 0.25) is 0 Å². The molecule has 0 saturated carbocycles. The fraction of sp³-hybridized carbons (Fsp3) is 0.526. The monoisotopic (exact) mass is 314 g/mol. The molecule has 2 fully saturated rings. The van der Waals surface area contributed by atoms with Crippen LogP contribution in [0.4, 0.5) is 4.79 Å². The van der Waals surface area contributed by atoms with Crippen LogP contribution in [0.3, 0.4) is 0 Å². The number of benzene rings is 1. The Balaban J connectivity index is 1.43. The zero-order valence-electron chi connectivity index (χ0n) is 13.7. The van der Waals surface area contributed by atoms with E-state index in [0.29, 0.717) is 6.61 Å².